The Labute approximate surface area is 121 Å². The third kappa shape index (κ3) is 4.15. The zero-order valence-corrected chi connectivity index (χ0v) is 11.3. The van der Waals surface area contributed by atoms with E-state index in [2.05, 4.69) is 15.3 Å². The molecular formula is C12H10F3N3O2S. The van der Waals surface area contributed by atoms with Gasteiger partial charge in [-0.3, -0.25) is 0 Å². The smallest absolute Gasteiger partial charge is 0.434 e. The van der Waals surface area contributed by atoms with Crippen LogP contribution in [-0.2, 0) is 12.6 Å². The van der Waals surface area contributed by atoms with Crippen molar-refractivity contribution in [2.75, 3.05) is 11.9 Å². The van der Waals surface area contributed by atoms with Gasteiger partial charge in [0.1, 0.15) is 5.82 Å². The van der Waals surface area contributed by atoms with E-state index in [0.717, 1.165) is 16.7 Å². The number of carbonyl (C=O) groups is 1. The van der Waals surface area contributed by atoms with Crippen molar-refractivity contribution < 1.29 is 23.1 Å². The number of rotatable bonds is 5. The minimum absolute atomic E-state index is 0.103. The minimum Gasteiger partial charge on any atom is -0.477 e. The molecule has 112 valence electrons. The van der Waals surface area contributed by atoms with E-state index < -0.39 is 17.8 Å². The number of nitrogens with one attached hydrogen (secondary N) is 1. The first-order valence-corrected chi connectivity index (χ1v) is 6.70. The molecule has 0 aliphatic carbocycles. The summed E-state index contributed by atoms with van der Waals surface area (Å²) in [4.78, 5) is 18.1. The number of hydrogen-bond donors (Lipinski definition) is 2. The van der Waals surface area contributed by atoms with Gasteiger partial charge in [0, 0.05) is 18.3 Å². The molecule has 0 radical (unpaired) electrons. The van der Waals surface area contributed by atoms with Crippen LogP contribution in [0, 0.1) is 0 Å². The number of aromatic nitrogens is 2. The van der Waals surface area contributed by atoms with Crippen molar-refractivity contribution in [1.29, 1.82) is 0 Å². The first-order valence-electron chi connectivity index (χ1n) is 5.82. The lowest BCUT2D eigenvalue weighted by Crippen LogP contribution is -2.09. The number of aromatic carboxylic acids is 1. The van der Waals surface area contributed by atoms with E-state index in [0.29, 0.717) is 23.8 Å². The highest BCUT2D eigenvalue weighted by Crippen LogP contribution is 2.30. The molecule has 0 aromatic carbocycles. The van der Waals surface area contributed by atoms with Gasteiger partial charge in [-0.25, -0.2) is 14.8 Å². The number of thiazole rings is 1. The van der Waals surface area contributed by atoms with E-state index in [1.54, 1.807) is 6.07 Å². The van der Waals surface area contributed by atoms with Crippen LogP contribution < -0.4 is 5.32 Å². The zero-order valence-electron chi connectivity index (χ0n) is 10.5. The Hall–Kier alpha value is -2.16. The number of carboxylic acid groups (broad SMARTS) is 1. The largest absolute Gasteiger partial charge is 0.477 e. The molecule has 2 aromatic rings. The second-order valence-corrected chi connectivity index (χ2v) is 4.96. The van der Waals surface area contributed by atoms with E-state index in [9.17, 15) is 18.0 Å². The molecule has 0 spiro atoms. The predicted molar refractivity (Wildman–Crippen MR) is 70.5 cm³/mol. The Morgan fingerprint density at radius 1 is 1.33 bits per heavy atom. The fourth-order valence-electron chi connectivity index (χ4n) is 1.51. The molecule has 2 rings (SSSR count). The van der Waals surface area contributed by atoms with Crippen LogP contribution >= 0.6 is 11.3 Å². The average Bonchev–Trinajstić information content (AvgIpc) is 2.88. The lowest BCUT2D eigenvalue weighted by molar-refractivity contribution is -0.140. The van der Waals surface area contributed by atoms with Crippen LogP contribution in [0.5, 0.6) is 0 Å². The molecule has 0 bridgehead atoms. The standard InChI is InChI=1S/C12H10F3N3O2S/c13-12(14,15)8-6-21-10(18-8)4-5-16-9-3-1-2-7(17-9)11(19)20/h1-3,6H,4-5H2,(H,16,17)(H,19,20). The fraction of sp³-hybridized carbons (Fsp3) is 0.250. The fourth-order valence-corrected chi connectivity index (χ4v) is 2.31. The number of pyridine rings is 1. The van der Waals surface area contributed by atoms with Crippen molar-refractivity contribution in [2.45, 2.75) is 12.6 Å². The van der Waals surface area contributed by atoms with Gasteiger partial charge in [0.25, 0.3) is 0 Å². The van der Waals surface area contributed by atoms with E-state index in [1.807, 2.05) is 0 Å². The van der Waals surface area contributed by atoms with Crippen molar-refractivity contribution in [3.05, 3.63) is 40.0 Å². The quantitative estimate of drug-likeness (QED) is 0.887. The van der Waals surface area contributed by atoms with Gasteiger partial charge in [-0.2, -0.15) is 13.2 Å². The van der Waals surface area contributed by atoms with Crippen LogP contribution in [0.15, 0.2) is 23.6 Å². The van der Waals surface area contributed by atoms with Gasteiger partial charge in [-0.1, -0.05) is 6.07 Å². The molecule has 0 aliphatic rings. The van der Waals surface area contributed by atoms with Crippen LogP contribution in [0.25, 0.3) is 0 Å². The number of hydrogen-bond acceptors (Lipinski definition) is 5. The Bertz CT molecular complexity index is 643. The maximum absolute atomic E-state index is 12.4. The van der Waals surface area contributed by atoms with Crippen molar-refractivity contribution >= 4 is 23.1 Å². The minimum atomic E-state index is -4.43. The van der Waals surface area contributed by atoms with E-state index >= 15 is 0 Å². The van der Waals surface area contributed by atoms with Gasteiger partial charge in [0.05, 0.1) is 5.01 Å². The predicted octanol–water partition coefficient (Wildman–Crippen LogP) is 2.91. The highest BCUT2D eigenvalue weighted by atomic mass is 32.1. The summed E-state index contributed by atoms with van der Waals surface area (Å²) in [6, 6.07) is 4.46. The van der Waals surface area contributed by atoms with Gasteiger partial charge in [0.2, 0.25) is 0 Å². The van der Waals surface area contributed by atoms with Crippen LogP contribution in [0.1, 0.15) is 21.2 Å². The maximum atomic E-state index is 12.4. The molecule has 0 fully saturated rings. The van der Waals surface area contributed by atoms with Crippen molar-refractivity contribution in [3.63, 3.8) is 0 Å². The summed E-state index contributed by atoms with van der Waals surface area (Å²) in [6.07, 6.45) is -4.14. The van der Waals surface area contributed by atoms with Crippen molar-refractivity contribution in [2.24, 2.45) is 0 Å². The van der Waals surface area contributed by atoms with E-state index in [4.69, 9.17) is 5.11 Å². The number of alkyl halides is 3. The third-order valence-corrected chi connectivity index (χ3v) is 3.36. The molecule has 0 saturated heterocycles. The Kier molecular flexibility index (Phi) is 4.41. The lowest BCUT2D eigenvalue weighted by atomic mass is 10.3. The van der Waals surface area contributed by atoms with Crippen LogP contribution in [0.4, 0.5) is 19.0 Å². The average molecular weight is 317 g/mol. The summed E-state index contributed by atoms with van der Waals surface area (Å²) in [7, 11) is 0. The Balaban J connectivity index is 1.91. The van der Waals surface area contributed by atoms with Crippen LogP contribution in [0.3, 0.4) is 0 Å². The number of carboxylic acids is 1. The summed E-state index contributed by atoms with van der Waals surface area (Å²) in [5.74, 6) is -0.795. The van der Waals surface area contributed by atoms with Crippen LogP contribution in [-0.4, -0.2) is 27.6 Å². The monoisotopic (exact) mass is 317 g/mol. The molecule has 21 heavy (non-hydrogen) atoms. The van der Waals surface area contributed by atoms with Gasteiger partial charge in [0.15, 0.2) is 11.4 Å². The van der Waals surface area contributed by atoms with Gasteiger partial charge in [-0.05, 0) is 12.1 Å². The molecule has 5 nitrogen and oxygen atoms in total. The normalized spacial score (nSPS) is 11.4. The maximum Gasteiger partial charge on any atom is 0.434 e. The summed E-state index contributed by atoms with van der Waals surface area (Å²) in [6.45, 7) is 0.306. The second-order valence-electron chi connectivity index (χ2n) is 4.01. The number of halogens is 3. The summed E-state index contributed by atoms with van der Waals surface area (Å²) in [5, 5.41) is 13.0. The van der Waals surface area contributed by atoms with Crippen molar-refractivity contribution in [1.82, 2.24) is 9.97 Å². The first-order chi connectivity index (χ1) is 9.86. The molecular weight excluding hydrogens is 307 g/mol. The van der Waals surface area contributed by atoms with Gasteiger partial charge < -0.3 is 10.4 Å². The Morgan fingerprint density at radius 2 is 2.10 bits per heavy atom. The highest BCUT2D eigenvalue weighted by Gasteiger charge is 2.33. The van der Waals surface area contributed by atoms with E-state index in [-0.39, 0.29) is 5.69 Å². The SMILES string of the molecule is O=C(O)c1cccc(NCCc2nc(C(F)(F)F)cs2)n1. The van der Waals surface area contributed by atoms with Gasteiger partial charge in [-0.15, -0.1) is 11.3 Å². The van der Waals surface area contributed by atoms with Gasteiger partial charge >= 0.3 is 12.1 Å². The summed E-state index contributed by atoms with van der Waals surface area (Å²) >= 11 is 0.934. The molecule has 9 heteroatoms. The number of anilines is 1. The molecule has 2 aromatic heterocycles. The molecule has 0 saturated carbocycles. The number of nitrogens with zero attached hydrogens (tertiary/aromatic N) is 2. The molecule has 0 unspecified atom stereocenters. The lowest BCUT2D eigenvalue weighted by Gasteiger charge is -2.05. The Morgan fingerprint density at radius 3 is 2.71 bits per heavy atom. The molecule has 2 heterocycles. The van der Waals surface area contributed by atoms with E-state index in [1.165, 1.54) is 12.1 Å². The van der Waals surface area contributed by atoms with Crippen LogP contribution in [0.2, 0.25) is 0 Å². The highest BCUT2D eigenvalue weighted by molar-refractivity contribution is 7.09. The zero-order chi connectivity index (χ0) is 15.5. The second kappa shape index (κ2) is 6.08. The van der Waals surface area contributed by atoms with Crippen molar-refractivity contribution in [3.8, 4) is 0 Å². The molecule has 0 aliphatic heterocycles. The first kappa shape index (κ1) is 15.2. The molecule has 0 amide bonds. The molecule has 2 N–H and O–H groups in total. The summed E-state index contributed by atoms with van der Waals surface area (Å²) in [5.41, 5.74) is -0.998. The topological polar surface area (TPSA) is 75.1 Å². The summed E-state index contributed by atoms with van der Waals surface area (Å²) < 4.78 is 37.1. The molecule has 0 atom stereocenters. The third-order valence-electron chi connectivity index (χ3n) is 2.46.